The summed E-state index contributed by atoms with van der Waals surface area (Å²) >= 11 is 0. The monoisotopic (exact) mass is 286 g/mol. The van der Waals surface area contributed by atoms with E-state index in [2.05, 4.69) is 43.0 Å². The molecule has 1 atom stereocenters. The van der Waals surface area contributed by atoms with Gasteiger partial charge in [0, 0.05) is 18.8 Å². The van der Waals surface area contributed by atoms with E-state index in [0.29, 0.717) is 12.1 Å². The number of benzene rings is 2. The maximum absolute atomic E-state index is 13.5. The summed E-state index contributed by atoms with van der Waals surface area (Å²) in [7, 11) is 0. The Morgan fingerprint density at radius 2 is 1.90 bits per heavy atom. The molecule has 0 heterocycles. The number of anilines is 1. The van der Waals surface area contributed by atoms with Crippen LogP contribution in [0.2, 0.25) is 0 Å². The molecule has 0 spiro atoms. The topological polar surface area (TPSA) is 29.3 Å². The molecule has 0 saturated carbocycles. The average molecular weight is 286 g/mol. The molecule has 21 heavy (non-hydrogen) atoms. The number of aryl methyl sites for hydroxylation is 2. The van der Waals surface area contributed by atoms with Gasteiger partial charge in [0.25, 0.3) is 0 Å². The molecule has 2 aromatic rings. The van der Waals surface area contributed by atoms with Crippen LogP contribution in [0.1, 0.15) is 29.7 Å². The van der Waals surface area contributed by atoms with Gasteiger partial charge in [-0.15, -0.1) is 0 Å². The number of rotatable bonds is 5. The molecule has 2 N–H and O–H groups in total. The molecule has 0 saturated heterocycles. The highest BCUT2D eigenvalue weighted by atomic mass is 19.1. The molecule has 0 fully saturated rings. The van der Waals surface area contributed by atoms with Crippen molar-refractivity contribution in [1.29, 1.82) is 0 Å². The van der Waals surface area contributed by atoms with Gasteiger partial charge in [0.1, 0.15) is 5.82 Å². The first-order chi connectivity index (χ1) is 10.1. The highest BCUT2D eigenvalue weighted by Crippen LogP contribution is 2.28. The smallest absolute Gasteiger partial charge is 0.126 e. The van der Waals surface area contributed by atoms with E-state index in [1.54, 1.807) is 6.92 Å². The van der Waals surface area contributed by atoms with Gasteiger partial charge in [-0.3, -0.25) is 0 Å². The molecular formula is C18H23FN2. The van der Waals surface area contributed by atoms with E-state index in [0.717, 1.165) is 17.8 Å². The van der Waals surface area contributed by atoms with Gasteiger partial charge in [-0.25, -0.2) is 4.39 Å². The van der Waals surface area contributed by atoms with E-state index in [-0.39, 0.29) is 11.9 Å². The summed E-state index contributed by atoms with van der Waals surface area (Å²) in [5.41, 5.74) is 10.1. The van der Waals surface area contributed by atoms with Crippen LogP contribution >= 0.6 is 0 Å². The van der Waals surface area contributed by atoms with Crippen LogP contribution in [0.25, 0.3) is 0 Å². The Morgan fingerprint density at radius 1 is 1.14 bits per heavy atom. The summed E-state index contributed by atoms with van der Waals surface area (Å²) in [6.07, 6.45) is 0. The lowest BCUT2D eigenvalue weighted by Crippen LogP contribution is -2.33. The van der Waals surface area contributed by atoms with Crippen molar-refractivity contribution in [2.75, 3.05) is 18.0 Å². The molecule has 2 nitrogen and oxygen atoms in total. The van der Waals surface area contributed by atoms with Crippen molar-refractivity contribution in [1.82, 2.24) is 0 Å². The Bertz CT molecular complexity index is 610. The van der Waals surface area contributed by atoms with Gasteiger partial charge in [-0.2, -0.15) is 0 Å². The Labute approximate surface area is 126 Å². The van der Waals surface area contributed by atoms with Crippen molar-refractivity contribution >= 4 is 5.69 Å². The first-order valence-corrected chi connectivity index (χ1v) is 7.36. The largest absolute Gasteiger partial charge is 0.363 e. The summed E-state index contributed by atoms with van der Waals surface area (Å²) in [5, 5.41) is 0. The molecule has 1 unspecified atom stereocenters. The van der Waals surface area contributed by atoms with Crippen molar-refractivity contribution < 1.29 is 4.39 Å². The van der Waals surface area contributed by atoms with Crippen molar-refractivity contribution in [3.05, 3.63) is 65.0 Å². The van der Waals surface area contributed by atoms with Gasteiger partial charge in [-0.05, 0) is 55.7 Å². The lowest BCUT2D eigenvalue weighted by atomic mass is 10.0. The van der Waals surface area contributed by atoms with Crippen LogP contribution in [0.3, 0.4) is 0 Å². The molecule has 0 aliphatic heterocycles. The Hall–Kier alpha value is -1.87. The molecule has 0 aliphatic carbocycles. The lowest BCUT2D eigenvalue weighted by molar-refractivity contribution is 0.609. The Kier molecular flexibility index (Phi) is 4.97. The second-order valence-electron chi connectivity index (χ2n) is 5.39. The molecular weight excluding hydrogens is 263 g/mol. The van der Waals surface area contributed by atoms with Crippen LogP contribution in [0.4, 0.5) is 10.1 Å². The molecule has 2 rings (SSSR count). The number of hydrogen-bond acceptors (Lipinski definition) is 2. The minimum atomic E-state index is -0.173. The minimum Gasteiger partial charge on any atom is -0.363 e. The fraction of sp³-hybridized carbons (Fsp3) is 0.333. The zero-order valence-corrected chi connectivity index (χ0v) is 12.9. The van der Waals surface area contributed by atoms with Gasteiger partial charge in [-0.1, -0.05) is 24.3 Å². The van der Waals surface area contributed by atoms with Crippen molar-refractivity contribution in [3.8, 4) is 0 Å². The number of nitrogens with zero attached hydrogens (tertiary/aromatic N) is 1. The SMILES string of the molecule is CCN(c1cccc(C)c1)C(CN)c1ccc(F)c(C)c1. The lowest BCUT2D eigenvalue weighted by Gasteiger charge is -2.33. The molecule has 2 aromatic carbocycles. The van der Waals surface area contributed by atoms with Gasteiger partial charge < -0.3 is 10.6 Å². The van der Waals surface area contributed by atoms with Crippen molar-refractivity contribution in [2.45, 2.75) is 26.8 Å². The third kappa shape index (κ3) is 3.42. The second kappa shape index (κ2) is 6.72. The molecule has 0 amide bonds. The van der Waals surface area contributed by atoms with E-state index in [1.165, 1.54) is 11.6 Å². The minimum absolute atomic E-state index is 0.0519. The van der Waals surface area contributed by atoms with Crippen LogP contribution in [0.15, 0.2) is 42.5 Å². The van der Waals surface area contributed by atoms with Gasteiger partial charge in [0.05, 0.1) is 6.04 Å². The Balaban J connectivity index is 2.39. The van der Waals surface area contributed by atoms with Crippen LogP contribution in [0, 0.1) is 19.7 Å². The summed E-state index contributed by atoms with van der Waals surface area (Å²) in [6, 6.07) is 13.7. The maximum Gasteiger partial charge on any atom is 0.126 e. The summed E-state index contributed by atoms with van der Waals surface area (Å²) in [6.45, 7) is 7.32. The molecule has 0 radical (unpaired) electrons. The molecule has 3 heteroatoms. The highest BCUT2D eigenvalue weighted by Gasteiger charge is 2.19. The van der Waals surface area contributed by atoms with Crippen molar-refractivity contribution in [2.24, 2.45) is 5.73 Å². The fourth-order valence-corrected chi connectivity index (χ4v) is 2.71. The number of hydrogen-bond donors (Lipinski definition) is 1. The van der Waals surface area contributed by atoms with E-state index in [9.17, 15) is 4.39 Å². The summed E-state index contributed by atoms with van der Waals surface area (Å²) in [4.78, 5) is 2.26. The summed E-state index contributed by atoms with van der Waals surface area (Å²) < 4.78 is 13.5. The number of nitrogens with two attached hydrogens (primary N) is 1. The zero-order valence-electron chi connectivity index (χ0n) is 12.9. The first-order valence-electron chi connectivity index (χ1n) is 7.36. The van der Waals surface area contributed by atoms with Gasteiger partial charge in [0.15, 0.2) is 0 Å². The number of likely N-dealkylation sites (N-methyl/N-ethyl adjacent to an activating group) is 1. The number of halogens is 1. The van der Waals surface area contributed by atoms with E-state index >= 15 is 0 Å². The van der Waals surface area contributed by atoms with Crippen molar-refractivity contribution in [3.63, 3.8) is 0 Å². The summed E-state index contributed by atoms with van der Waals surface area (Å²) in [5.74, 6) is -0.173. The molecule has 0 aliphatic rings. The molecule has 112 valence electrons. The maximum atomic E-state index is 13.5. The molecule has 0 bridgehead atoms. The Morgan fingerprint density at radius 3 is 2.48 bits per heavy atom. The van der Waals surface area contributed by atoms with E-state index in [4.69, 9.17) is 5.73 Å². The average Bonchev–Trinajstić information content (AvgIpc) is 2.47. The second-order valence-corrected chi connectivity index (χ2v) is 5.39. The normalized spacial score (nSPS) is 12.2. The third-order valence-electron chi connectivity index (χ3n) is 3.84. The fourth-order valence-electron chi connectivity index (χ4n) is 2.71. The van der Waals surface area contributed by atoms with Gasteiger partial charge in [0.2, 0.25) is 0 Å². The van der Waals surface area contributed by atoms with Crippen LogP contribution in [-0.4, -0.2) is 13.1 Å². The first kappa shape index (κ1) is 15.5. The van der Waals surface area contributed by atoms with Gasteiger partial charge >= 0.3 is 0 Å². The standard InChI is InChI=1S/C18H23FN2/c1-4-21(16-7-5-6-13(2)10-16)18(12-20)15-8-9-17(19)14(3)11-15/h5-11,18H,4,12,20H2,1-3H3. The van der Waals surface area contributed by atoms with Crippen LogP contribution in [-0.2, 0) is 0 Å². The quantitative estimate of drug-likeness (QED) is 0.901. The zero-order chi connectivity index (χ0) is 15.4. The predicted octanol–water partition coefficient (Wildman–Crippen LogP) is 3.97. The molecule has 0 aromatic heterocycles. The third-order valence-corrected chi connectivity index (χ3v) is 3.84. The van der Waals surface area contributed by atoms with Crippen LogP contribution < -0.4 is 10.6 Å². The highest BCUT2D eigenvalue weighted by molar-refractivity contribution is 5.51. The predicted molar refractivity (Wildman–Crippen MR) is 87.1 cm³/mol. The van der Waals surface area contributed by atoms with E-state index < -0.39 is 0 Å². The van der Waals surface area contributed by atoms with E-state index in [1.807, 2.05) is 12.1 Å². The van der Waals surface area contributed by atoms with Crippen LogP contribution in [0.5, 0.6) is 0 Å².